The monoisotopic (exact) mass is 288 g/mol. The number of nitrogens with one attached hydrogen (secondary N) is 1. The maximum absolute atomic E-state index is 13.5. The third-order valence-electron chi connectivity index (χ3n) is 3.03. The molecule has 5 nitrogen and oxygen atoms in total. The second-order valence-electron chi connectivity index (χ2n) is 4.49. The second kappa shape index (κ2) is 6.13. The highest BCUT2D eigenvalue weighted by Gasteiger charge is 2.16. The quantitative estimate of drug-likeness (QED) is 0.519. The summed E-state index contributed by atoms with van der Waals surface area (Å²) >= 11 is 0. The fourth-order valence-corrected chi connectivity index (χ4v) is 1.88. The number of anilines is 1. The molecular weight excluding hydrogens is 275 g/mol. The molecule has 0 unspecified atom stereocenters. The van der Waals surface area contributed by atoms with Gasteiger partial charge >= 0.3 is 0 Å². The molecule has 1 N–H and O–H groups in total. The van der Waals surface area contributed by atoms with Crippen LogP contribution in [0.25, 0.3) is 0 Å². The Morgan fingerprint density at radius 2 is 2.00 bits per heavy atom. The molecule has 6 heteroatoms. The minimum atomic E-state index is -0.573. The lowest BCUT2D eigenvalue weighted by molar-refractivity contribution is -0.384. The first-order valence-electron chi connectivity index (χ1n) is 6.25. The van der Waals surface area contributed by atoms with E-state index in [1.165, 1.54) is 31.2 Å². The Kier molecular flexibility index (Phi) is 4.27. The molecule has 108 valence electrons. The van der Waals surface area contributed by atoms with Crippen LogP contribution in [0.5, 0.6) is 0 Å². The van der Waals surface area contributed by atoms with Gasteiger partial charge in [0.1, 0.15) is 11.5 Å². The molecule has 2 aromatic carbocycles. The standard InChI is InChI=1S/C15H13FN2O3/c1-10(19)11-6-7-14(15(8-11)18(20)21)17-9-12-4-2-3-5-13(12)16/h2-8,17H,9H2,1H3. The van der Waals surface area contributed by atoms with Crippen LogP contribution in [0.3, 0.4) is 0 Å². The highest BCUT2D eigenvalue weighted by Crippen LogP contribution is 2.26. The first-order valence-corrected chi connectivity index (χ1v) is 6.25. The fraction of sp³-hybridized carbons (Fsp3) is 0.133. The largest absolute Gasteiger partial charge is 0.375 e. The molecule has 0 atom stereocenters. The molecule has 0 spiro atoms. The van der Waals surface area contributed by atoms with E-state index in [-0.39, 0.29) is 35.1 Å². The van der Waals surface area contributed by atoms with Gasteiger partial charge in [-0.15, -0.1) is 0 Å². The number of nitrogens with zero attached hydrogens (tertiary/aromatic N) is 1. The lowest BCUT2D eigenvalue weighted by atomic mass is 10.1. The van der Waals surface area contributed by atoms with Gasteiger partial charge in [-0.25, -0.2) is 4.39 Å². The molecule has 0 heterocycles. The summed E-state index contributed by atoms with van der Waals surface area (Å²) in [4.78, 5) is 21.7. The van der Waals surface area contributed by atoms with Crippen LogP contribution in [0.1, 0.15) is 22.8 Å². The number of hydrogen-bond acceptors (Lipinski definition) is 4. The van der Waals surface area contributed by atoms with Crippen LogP contribution < -0.4 is 5.32 Å². The summed E-state index contributed by atoms with van der Waals surface area (Å²) in [5.41, 5.74) is 0.702. The van der Waals surface area contributed by atoms with E-state index in [9.17, 15) is 19.3 Å². The van der Waals surface area contributed by atoms with E-state index in [4.69, 9.17) is 0 Å². The number of ketones is 1. The van der Waals surface area contributed by atoms with Crippen molar-refractivity contribution in [2.75, 3.05) is 5.32 Å². The number of carbonyl (C=O) groups is 1. The third-order valence-corrected chi connectivity index (χ3v) is 3.03. The van der Waals surface area contributed by atoms with Crippen molar-refractivity contribution in [1.82, 2.24) is 0 Å². The Morgan fingerprint density at radius 1 is 1.29 bits per heavy atom. The van der Waals surface area contributed by atoms with E-state index < -0.39 is 4.92 Å². The van der Waals surface area contributed by atoms with Crippen LogP contribution in [-0.4, -0.2) is 10.7 Å². The summed E-state index contributed by atoms with van der Waals surface area (Å²) in [6.45, 7) is 1.46. The molecule has 21 heavy (non-hydrogen) atoms. The zero-order chi connectivity index (χ0) is 15.4. The van der Waals surface area contributed by atoms with Gasteiger partial charge in [-0.3, -0.25) is 14.9 Å². The van der Waals surface area contributed by atoms with Crippen LogP contribution >= 0.6 is 0 Å². The molecule has 0 aliphatic carbocycles. The van der Waals surface area contributed by atoms with E-state index in [0.29, 0.717) is 5.56 Å². The summed E-state index contributed by atoms with van der Waals surface area (Å²) < 4.78 is 13.5. The SMILES string of the molecule is CC(=O)c1ccc(NCc2ccccc2F)c([N+](=O)[O-])c1. The summed E-state index contributed by atoms with van der Waals surface area (Å²) in [5.74, 6) is -0.633. The summed E-state index contributed by atoms with van der Waals surface area (Å²) in [7, 11) is 0. The first-order chi connectivity index (χ1) is 9.99. The van der Waals surface area contributed by atoms with Gasteiger partial charge in [0.2, 0.25) is 0 Å². The molecule has 0 radical (unpaired) electrons. The van der Waals surface area contributed by atoms with Crippen molar-refractivity contribution in [3.63, 3.8) is 0 Å². The molecule has 0 aromatic heterocycles. The number of halogens is 1. The normalized spacial score (nSPS) is 10.2. The number of carbonyl (C=O) groups excluding carboxylic acids is 1. The average molecular weight is 288 g/mol. The molecule has 0 aliphatic heterocycles. The van der Waals surface area contributed by atoms with Crippen LogP contribution in [-0.2, 0) is 6.54 Å². The second-order valence-corrected chi connectivity index (χ2v) is 4.49. The van der Waals surface area contributed by atoms with Crippen molar-refractivity contribution in [1.29, 1.82) is 0 Å². The van der Waals surface area contributed by atoms with Crippen LogP contribution in [0, 0.1) is 15.9 Å². The lowest BCUT2D eigenvalue weighted by Gasteiger charge is -2.08. The van der Waals surface area contributed by atoms with Gasteiger partial charge in [0.05, 0.1) is 4.92 Å². The number of hydrogen-bond donors (Lipinski definition) is 1. The number of rotatable bonds is 5. The van der Waals surface area contributed by atoms with E-state index in [0.717, 1.165) is 0 Å². The van der Waals surface area contributed by atoms with Gasteiger partial charge in [-0.2, -0.15) is 0 Å². The molecule has 2 rings (SSSR count). The molecular formula is C15H13FN2O3. The van der Waals surface area contributed by atoms with Gasteiger partial charge in [0.25, 0.3) is 5.69 Å². The molecule has 2 aromatic rings. The maximum atomic E-state index is 13.5. The molecule has 0 fully saturated rings. The minimum Gasteiger partial charge on any atom is -0.375 e. The molecule has 0 bridgehead atoms. The Bertz CT molecular complexity index is 701. The smallest absolute Gasteiger partial charge is 0.293 e. The number of nitro groups is 1. The number of Topliss-reactive ketones (excluding diaryl/α,β-unsaturated/α-hetero) is 1. The number of nitro benzene ring substituents is 1. The van der Waals surface area contributed by atoms with Crippen molar-refractivity contribution in [2.24, 2.45) is 0 Å². The van der Waals surface area contributed by atoms with Crippen molar-refractivity contribution >= 4 is 17.2 Å². The van der Waals surface area contributed by atoms with Crippen molar-refractivity contribution < 1.29 is 14.1 Å². The zero-order valence-electron chi connectivity index (χ0n) is 11.3. The van der Waals surface area contributed by atoms with Crippen molar-refractivity contribution in [3.05, 3.63) is 69.5 Å². The van der Waals surface area contributed by atoms with E-state index in [2.05, 4.69) is 5.32 Å². The van der Waals surface area contributed by atoms with Crippen molar-refractivity contribution in [3.8, 4) is 0 Å². The third kappa shape index (κ3) is 3.42. The Hall–Kier alpha value is -2.76. The van der Waals surface area contributed by atoms with E-state index in [1.807, 2.05) is 0 Å². The Balaban J connectivity index is 2.26. The average Bonchev–Trinajstić information content (AvgIpc) is 2.46. The predicted molar refractivity (Wildman–Crippen MR) is 76.8 cm³/mol. The lowest BCUT2D eigenvalue weighted by Crippen LogP contribution is -2.05. The minimum absolute atomic E-state index is 0.118. The molecule has 0 saturated carbocycles. The van der Waals surface area contributed by atoms with Gasteiger partial charge in [-0.05, 0) is 25.1 Å². The summed E-state index contributed by atoms with van der Waals surface area (Å²) in [6, 6.07) is 10.3. The van der Waals surface area contributed by atoms with Crippen LogP contribution in [0.15, 0.2) is 42.5 Å². The fourth-order valence-electron chi connectivity index (χ4n) is 1.88. The van der Waals surface area contributed by atoms with Gasteiger partial charge in [-0.1, -0.05) is 18.2 Å². The first kappa shape index (κ1) is 14.6. The Morgan fingerprint density at radius 3 is 2.62 bits per heavy atom. The Labute approximate surface area is 120 Å². The van der Waals surface area contributed by atoms with Crippen LogP contribution in [0.2, 0.25) is 0 Å². The summed E-state index contributed by atoms with van der Waals surface area (Å²) in [6.07, 6.45) is 0. The van der Waals surface area contributed by atoms with Gasteiger partial charge in [0.15, 0.2) is 5.78 Å². The van der Waals surface area contributed by atoms with E-state index in [1.54, 1.807) is 18.2 Å². The predicted octanol–water partition coefficient (Wildman–Crippen LogP) is 3.55. The highest BCUT2D eigenvalue weighted by atomic mass is 19.1. The molecule has 0 amide bonds. The van der Waals surface area contributed by atoms with E-state index >= 15 is 0 Å². The topological polar surface area (TPSA) is 72.2 Å². The number of benzene rings is 2. The maximum Gasteiger partial charge on any atom is 0.293 e. The highest BCUT2D eigenvalue weighted by molar-refractivity contribution is 5.95. The molecule has 0 aliphatic rings. The summed E-state index contributed by atoms with van der Waals surface area (Å²) in [5, 5.41) is 13.9. The van der Waals surface area contributed by atoms with Gasteiger partial charge in [0, 0.05) is 23.7 Å². The van der Waals surface area contributed by atoms with Crippen molar-refractivity contribution in [2.45, 2.75) is 13.5 Å². The molecule has 0 saturated heterocycles. The van der Waals surface area contributed by atoms with Crippen LogP contribution in [0.4, 0.5) is 15.8 Å². The van der Waals surface area contributed by atoms with Gasteiger partial charge < -0.3 is 5.32 Å². The zero-order valence-corrected chi connectivity index (χ0v) is 11.3.